The van der Waals surface area contributed by atoms with E-state index in [-0.39, 0.29) is 0 Å². The van der Waals surface area contributed by atoms with Crippen molar-refractivity contribution in [3.63, 3.8) is 0 Å². The molecule has 3 rings (SSSR count). The van der Waals surface area contributed by atoms with Gasteiger partial charge in [0.05, 0.1) is 0 Å². The van der Waals surface area contributed by atoms with Crippen LogP contribution in [-0.4, -0.2) is 55.1 Å². The van der Waals surface area contributed by atoms with Crippen molar-refractivity contribution in [2.45, 2.75) is 38.8 Å². The maximum absolute atomic E-state index is 3.57. The van der Waals surface area contributed by atoms with E-state index in [1.165, 1.54) is 43.6 Å². The number of piperazine rings is 1. The lowest BCUT2D eigenvalue weighted by molar-refractivity contribution is 0.117. The van der Waals surface area contributed by atoms with Gasteiger partial charge in [0.2, 0.25) is 0 Å². The lowest BCUT2D eigenvalue weighted by Gasteiger charge is -2.39. The summed E-state index contributed by atoms with van der Waals surface area (Å²) in [4.78, 5) is 5.33. The van der Waals surface area contributed by atoms with Gasteiger partial charge in [0.1, 0.15) is 0 Å². The Morgan fingerprint density at radius 1 is 1.14 bits per heavy atom. The van der Waals surface area contributed by atoms with Crippen molar-refractivity contribution in [3.05, 3.63) is 35.4 Å². The molecule has 1 aromatic carbocycles. The topological polar surface area (TPSA) is 18.5 Å². The van der Waals surface area contributed by atoms with Crippen LogP contribution in [0.2, 0.25) is 0 Å². The second kappa shape index (κ2) is 6.91. The van der Waals surface area contributed by atoms with Gasteiger partial charge in [-0.15, -0.1) is 0 Å². The molecule has 21 heavy (non-hydrogen) atoms. The molecule has 3 heteroatoms. The van der Waals surface area contributed by atoms with Crippen molar-refractivity contribution >= 4 is 0 Å². The third-order valence-corrected chi connectivity index (χ3v) is 4.93. The summed E-state index contributed by atoms with van der Waals surface area (Å²) in [5, 5.41) is 3.57. The zero-order chi connectivity index (χ0) is 14.7. The molecule has 0 spiro atoms. The van der Waals surface area contributed by atoms with Crippen molar-refractivity contribution in [1.82, 2.24) is 15.1 Å². The summed E-state index contributed by atoms with van der Waals surface area (Å²) in [6, 6.07) is 10.3. The molecule has 1 aromatic rings. The van der Waals surface area contributed by atoms with Gasteiger partial charge in [-0.3, -0.25) is 4.90 Å². The van der Waals surface area contributed by atoms with E-state index in [2.05, 4.69) is 53.2 Å². The predicted octanol–water partition coefficient (Wildman–Crippen LogP) is 2.43. The van der Waals surface area contributed by atoms with Gasteiger partial charge < -0.3 is 10.2 Å². The smallest absolute Gasteiger partial charge is 0.0476 e. The number of benzene rings is 1. The van der Waals surface area contributed by atoms with Crippen molar-refractivity contribution in [1.29, 1.82) is 0 Å². The predicted molar refractivity (Wildman–Crippen MR) is 88.6 cm³/mol. The summed E-state index contributed by atoms with van der Waals surface area (Å²) in [6.07, 6.45) is 2.75. The molecule has 1 N–H and O–H groups in total. The van der Waals surface area contributed by atoms with Gasteiger partial charge in [0.15, 0.2) is 0 Å². The number of rotatable bonds is 4. The van der Waals surface area contributed by atoms with Gasteiger partial charge in [-0.1, -0.05) is 29.8 Å². The summed E-state index contributed by atoms with van der Waals surface area (Å²) >= 11 is 0. The van der Waals surface area contributed by atoms with Crippen LogP contribution in [0.4, 0.5) is 0 Å². The molecule has 2 fully saturated rings. The number of aryl methyl sites for hydroxylation is 1. The van der Waals surface area contributed by atoms with Crippen LogP contribution < -0.4 is 5.32 Å². The molecule has 0 aliphatic carbocycles. The minimum atomic E-state index is 0.549. The SMILES string of the molecule is Cc1ccc(C(CN2CCCC2)N2CCNC(C)C2)cc1. The first-order chi connectivity index (χ1) is 10.2. The van der Waals surface area contributed by atoms with Crippen LogP contribution in [0.3, 0.4) is 0 Å². The maximum atomic E-state index is 3.57. The van der Waals surface area contributed by atoms with Crippen LogP contribution in [-0.2, 0) is 0 Å². The summed E-state index contributed by atoms with van der Waals surface area (Å²) in [7, 11) is 0. The minimum Gasteiger partial charge on any atom is -0.312 e. The van der Waals surface area contributed by atoms with E-state index in [1.807, 2.05) is 0 Å². The van der Waals surface area contributed by atoms with Gasteiger partial charge in [-0.2, -0.15) is 0 Å². The summed E-state index contributed by atoms with van der Waals surface area (Å²) in [5.41, 5.74) is 2.84. The van der Waals surface area contributed by atoms with E-state index < -0.39 is 0 Å². The zero-order valence-corrected chi connectivity index (χ0v) is 13.5. The number of nitrogens with zero attached hydrogens (tertiary/aromatic N) is 2. The van der Waals surface area contributed by atoms with Gasteiger partial charge >= 0.3 is 0 Å². The van der Waals surface area contributed by atoms with Gasteiger partial charge in [-0.05, 0) is 45.3 Å². The highest BCUT2D eigenvalue weighted by Crippen LogP contribution is 2.25. The standard InChI is InChI=1S/C18H29N3/c1-15-5-7-17(8-6-15)18(14-20-10-3-4-11-20)21-12-9-19-16(2)13-21/h5-8,16,18-19H,3-4,9-14H2,1-2H3. The Morgan fingerprint density at radius 2 is 1.86 bits per heavy atom. The van der Waals surface area contributed by atoms with E-state index in [0.29, 0.717) is 12.1 Å². The van der Waals surface area contributed by atoms with Crippen LogP contribution in [0.1, 0.15) is 36.9 Å². The fourth-order valence-electron chi connectivity index (χ4n) is 3.68. The maximum Gasteiger partial charge on any atom is 0.0476 e. The summed E-state index contributed by atoms with van der Waals surface area (Å²) in [6.45, 7) is 11.7. The van der Waals surface area contributed by atoms with Crippen LogP contribution >= 0.6 is 0 Å². The molecule has 2 heterocycles. The Bertz CT molecular complexity index is 436. The summed E-state index contributed by atoms with van der Waals surface area (Å²) < 4.78 is 0. The highest BCUT2D eigenvalue weighted by Gasteiger charge is 2.27. The minimum absolute atomic E-state index is 0.549. The number of likely N-dealkylation sites (tertiary alicyclic amines) is 1. The first-order valence-corrected chi connectivity index (χ1v) is 8.49. The monoisotopic (exact) mass is 287 g/mol. The molecule has 0 saturated carbocycles. The van der Waals surface area contributed by atoms with E-state index in [1.54, 1.807) is 0 Å². The third kappa shape index (κ3) is 3.85. The molecule has 0 amide bonds. The van der Waals surface area contributed by atoms with Crippen LogP contribution in [0.25, 0.3) is 0 Å². The molecule has 2 aliphatic heterocycles. The molecule has 3 nitrogen and oxygen atoms in total. The fraction of sp³-hybridized carbons (Fsp3) is 0.667. The van der Waals surface area contributed by atoms with Gasteiger partial charge in [0, 0.05) is 38.3 Å². The van der Waals surface area contributed by atoms with Crippen molar-refractivity contribution < 1.29 is 0 Å². The Kier molecular flexibility index (Phi) is 4.94. The Hall–Kier alpha value is -0.900. The molecule has 116 valence electrons. The van der Waals surface area contributed by atoms with E-state index in [4.69, 9.17) is 0 Å². The van der Waals surface area contributed by atoms with Crippen molar-refractivity contribution in [3.8, 4) is 0 Å². The lowest BCUT2D eigenvalue weighted by Crippen LogP contribution is -2.52. The van der Waals surface area contributed by atoms with Crippen molar-refractivity contribution in [2.75, 3.05) is 39.3 Å². The van der Waals surface area contributed by atoms with Crippen LogP contribution in [0, 0.1) is 6.92 Å². The first kappa shape index (κ1) is 15.0. The van der Waals surface area contributed by atoms with Gasteiger partial charge in [-0.25, -0.2) is 0 Å². The third-order valence-electron chi connectivity index (χ3n) is 4.93. The average Bonchev–Trinajstić information content (AvgIpc) is 2.99. The fourth-order valence-corrected chi connectivity index (χ4v) is 3.68. The molecule has 0 bridgehead atoms. The molecule has 2 atom stereocenters. The molecular weight excluding hydrogens is 258 g/mol. The molecular formula is C18H29N3. The number of hydrogen-bond acceptors (Lipinski definition) is 3. The van der Waals surface area contributed by atoms with E-state index in [0.717, 1.165) is 19.6 Å². The quantitative estimate of drug-likeness (QED) is 0.917. The van der Waals surface area contributed by atoms with Crippen molar-refractivity contribution in [2.24, 2.45) is 0 Å². The van der Waals surface area contributed by atoms with Crippen LogP contribution in [0.5, 0.6) is 0 Å². The highest BCUT2D eigenvalue weighted by atomic mass is 15.3. The molecule has 0 aromatic heterocycles. The Morgan fingerprint density at radius 3 is 2.52 bits per heavy atom. The molecule has 2 aliphatic rings. The van der Waals surface area contributed by atoms with Gasteiger partial charge in [0.25, 0.3) is 0 Å². The molecule has 2 saturated heterocycles. The summed E-state index contributed by atoms with van der Waals surface area (Å²) in [5.74, 6) is 0. The second-order valence-electron chi connectivity index (χ2n) is 6.78. The van der Waals surface area contributed by atoms with E-state index in [9.17, 15) is 0 Å². The number of nitrogens with one attached hydrogen (secondary N) is 1. The average molecular weight is 287 g/mol. The Labute approximate surface area is 129 Å². The van der Waals surface area contributed by atoms with E-state index >= 15 is 0 Å². The highest BCUT2D eigenvalue weighted by molar-refractivity contribution is 5.24. The molecule has 0 radical (unpaired) electrons. The lowest BCUT2D eigenvalue weighted by atomic mass is 10.0. The first-order valence-electron chi connectivity index (χ1n) is 8.49. The number of hydrogen-bond donors (Lipinski definition) is 1. The second-order valence-corrected chi connectivity index (χ2v) is 6.78. The largest absolute Gasteiger partial charge is 0.312 e. The molecule has 2 unspecified atom stereocenters. The normalized spacial score (nSPS) is 26.1. The van der Waals surface area contributed by atoms with Crippen LogP contribution in [0.15, 0.2) is 24.3 Å². The zero-order valence-electron chi connectivity index (χ0n) is 13.5. The Balaban J connectivity index is 1.77.